The van der Waals surface area contributed by atoms with E-state index in [1.807, 2.05) is 23.7 Å². The van der Waals surface area contributed by atoms with Crippen LogP contribution in [0.2, 0.25) is 0 Å². The quantitative estimate of drug-likeness (QED) is 0.625. The number of methoxy groups -OCH3 is 2. The summed E-state index contributed by atoms with van der Waals surface area (Å²) in [6.07, 6.45) is 3.42. The van der Waals surface area contributed by atoms with E-state index in [1.54, 1.807) is 44.8 Å². The van der Waals surface area contributed by atoms with Crippen LogP contribution in [0.5, 0.6) is 11.5 Å². The molecule has 0 fully saturated rings. The Bertz CT molecular complexity index is 930. The molecule has 0 bridgehead atoms. The van der Waals surface area contributed by atoms with Gasteiger partial charge in [-0.05, 0) is 24.3 Å². The maximum Gasteiger partial charge on any atom is 0.234 e. The molecule has 2 heterocycles. The van der Waals surface area contributed by atoms with E-state index in [0.717, 1.165) is 5.56 Å². The van der Waals surface area contributed by atoms with Crippen LogP contribution < -0.4 is 14.8 Å². The molecule has 3 aromatic rings. The number of carbonyl (C=O) groups is 1. The first-order valence-corrected chi connectivity index (χ1v) is 9.05. The zero-order valence-electron chi connectivity index (χ0n) is 15.2. The van der Waals surface area contributed by atoms with Crippen LogP contribution in [0.25, 0.3) is 11.4 Å². The molecular weight excluding hydrogens is 366 g/mol. The van der Waals surface area contributed by atoms with Crippen molar-refractivity contribution >= 4 is 23.4 Å². The molecule has 1 N–H and O–H groups in total. The second-order valence-corrected chi connectivity index (χ2v) is 6.45. The zero-order valence-corrected chi connectivity index (χ0v) is 16.0. The lowest BCUT2D eigenvalue weighted by molar-refractivity contribution is -0.113. The summed E-state index contributed by atoms with van der Waals surface area (Å²) in [5, 5.41) is 11.8. The number of aromatic nitrogens is 4. The van der Waals surface area contributed by atoms with E-state index in [1.165, 1.54) is 11.8 Å². The minimum absolute atomic E-state index is 0.180. The Morgan fingerprint density at radius 3 is 2.78 bits per heavy atom. The lowest BCUT2D eigenvalue weighted by Gasteiger charge is -2.11. The summed E-state index contributed by atoms with van der Waals surface area (Å²) in [6.45, 7) is 0. The predicted molar refractivity (Wildman–Crippen MR) is 103 cm³/mol. The van der Waals surface area contributed by atoms with Gasteiger partial charge in [0, 0.05) is 31.1 Å². The summed E-state index contributed by atoms with van der Waals surface area (Å²) in [5.74, 6) is 1.89. The molecule has 3 rings (SSSR count). The van der Waals surface area contributed by atoms with Crippen LogP contribution in [-0.4, -0.2) is 45.6 Å². The molecule has 1 amide bonds. The van der Waals surface area contributed by atoms with Crippen molar-refractivity contribution in [3.63, 3.8) is 0 Å². The SMILES string of the molecule is COc1ccc(OC)c(NC(=O)CSc2nnc(-c3cccnc3)n2C)c1. The highest BCUT2D eigenvalue weighted by Crippen LogP contribution is 2.29. The Morgan fingerprint density at radius 2 is 2.07 bits per heavy atom. The Balaban J connectivity index is 1.66. The van der Waals surface area contributed by atoms with Gasteiger partial charge in [-0.1, -0.05) is 11.8 Å². The summed E-state index contributed by atoms with van der Waals surface area (Å²) >= 11 is 1.30. The maximum atomic E-state index is 12.3. The molecule has 8 nitrogen and oxygen atoms in total. The molecule has 140 valence electrons. The summed E-state index contributed by atoms with van der Waals surface area (Å²) in [6, 6.07) is 8.97. The lowest BCUT2D eigenvalue weighted by Crippen LogP contribution is -2.15. The number of hydrogen-bond acceptors (Lipinski definition) is 7. The van der Waals surface area contributed by atoms with Gasteiger partial charge in [0.2, 0.25) is 5.91 Å². The number of rotatable bonds is 7. The van der Waals surface area contributed by atoms with Crippen molar-refractivity contribution in [1.82, 2.24) is 19.7 Å². The van der Waals surface area contributed by atoms with Gasteiger partial charge in [-0.2, -0.15) is 0 Å². The number of nitrogens with one attached hydrogen (secondary N) is 1. The van der Waals surface area contributed by atoms with Gasteiger partial charge in [-0.3, -0.25) is 9.78 Å². The topological polar surface area (TPSA) is 91.2 Å². The van der Waals surface area contributed by atoms with Gasteiger partial charge in [0.25, 0.3) is 0 Å². The molecule has 0 aliphatic carbocycles. The molecular formula is C18H19N5O3S. The number of amides is 1. The summed E-state index contributed by atoms with van der Waals surface area (Å²) < 4.78 is 12.3. The maximum absolute atomic E-state index is 12.3. The predicted octanol–water partition coefficient (Wildman–Crippen LogP) is 2.63. The fourth-order valence-corrected chi connectivity index (χ4v) is 3.13. The molecule has 0 spiro atoms. The highest BCUT2D eigenvalue weighted by molar-refractivity contribution is 7.99. The molecule has 0 atom stereocenters. The first kappa shape index (κ1) is 18.7. The average molecular weight is 385 g/mol. The molecule has 9 heteroatoms. The van der Waals surface area contributed by atoms with E-state index in [-0.39, 0.29) is 11.7 Å². The van der Waals surface area contributed by atoms with Crippen molar-refractivity contribution in [2.45, 2.75) is 5.16 Å². The first-order chi connectivity index (χ1) is 13.1. The van der Waals surface area contributed by atoms with E-state index < -0.39 is 0 Å². The second kappa shape index (κ2) is 8.54. The van der Waals surface area contributed by atoms with Crippen molar-refractivity contribution in [3.05, 3.63) is 42.7 Å². The van der Waals surface area contributed by atoms with Crippen LogP contribution in [0, 0.1) is 0 Å². The van der Waals surface area contributed by atoms with Gasteiger partial charge in [0.15, 0.2) is 11.0 Å². The molecule has 0 radical (unpaired) electrons. The Morgan fingerprint density at radius 1 is 1.22 bits per heavy atom. The first-order valence-electron chi connectivity index (χ1n) is 8.07. The summed E-state index contributed by atoms with van der Waals surface area (Å²) in [7, 11) is 4.97. The molecule has 0 saturated heterocycles. The van der Waals surface area contributed by atoms with Gasteiger partial charge in [-0.15, -0.1) is 10.2 Å². The van der Waals surface area contributed by atoms with E-state index in [4.69, 9.17) is 9.47 Å². The highest BCUT2D eigenvalue weighted by Gasteiger charge is 2.14. The van der Waals surface area contributed by atoms with Crippen LogP contribution in [0.1, 0.15) is 0 Å². The number of thioether (sulfide) groups is 1. The number of benzene rings is 1. The minimum atomic E-state index is -0.183. The third kappa shape index (κ3) is 4.37. The van der Waals surface area contributed by atoms with E-state index in [9.17, 15) is 4.79 Å². The number of hydrogen-bond donors (Lipinski definition) is 1. The van der Waals surface area contributed by atoms with Crippen LogP contribution in [0.4, 0.5) is 5.69 Å². The average Bonchev–Trinajstić information content (AvgIpc) is 3.07. The molecule has 1 aromatic carbocycles. The van der Waals surface area contributed by atoms with Crippen LogP contribution in [-0.2, 0) is 11.8 Å². The molecule has 2 aromatic heterocycles. The Kier molecular flexibility index (Phi) is 5.92. The minimum Gasteiger partial charge on any atom is -0.497 e. The Hall–Kier alpha value is -3.07. The van der Waals surface area contributed by atoms with Crippen molar-refractivity contribution in [2.75, 3.05) is 25.3 Å². The molecule has 0 aliphatic heterocycles. The van der Waals surface area contributed by atoms with Gasteiger partial charge >= 0.3 is 0 Å². The van der Waals surface area contributed by atoms with E-state index in [0.29, 0.717) is 28.2 Å². The second-order valence-electron chi connectivity index (χ2n) is 5.51. The van der Waals surface area contributed by atoms with Crippen molar-refractivity contribution in [2.24, 2.45) is 7.05 Å². The normalized spacial score (nSPS) is 10.5. The van der Waals surface area contributed by atoms with Gasteiger partial charge in [0.05, 0.1) is 25.7 Å². The van der Waals surface area contributed by atoms with E-state index in [2.05, 4.69) is 20.5 Å². The fraction of sp³-hybridized carbons (Fsp3) is 0.222. The monoisotopic (exact) mass is 385 g/mol. The highest BCUT2D eigenvalue weighted by atomic mass is 32.2. The zero-order chi connectivity index (χ0) is 19.2. The summed E-state index contributed by atoms with van der Waals surface area (Å²) in [4.78, 5) is 16.4. The number of nitrogens with zero attached hydrogens (tertiary/aromatic N) is 4. The van der Waals surface area contributed by atoms with Crippen molar-refractivity contribution in [1.29, 1.82) is 0 Å². The van der Waals surface area contributed by atoms with Gasteiger partial charge in [0.1, 0.15) is 11.5 Å². The number of pyridine rings is 1. The lowest BCUT2D eigenvalue weighted by atomic mass is 10.2. The van der Waals surface area contributed by atoms with Gasteiger partial charge in [-0.25, -0.2) is 0 Å². The Labute approximate surface area is 160 Å². The molecule has 0 aliphatic rings. The van der Waals surface area contributed by atoms with Gasteiger partial charge < -0.3 is 19.4 Å². The largest absolute Gasteiger partial charge is 0.497 e. The number of carbonyl (C=O) groups excluding carboxylic acids is 1. The number of ether oxygens (including phenoxy) is 2. The standard InChI is InChI=1S/C18H19N5O3S/c1-23-17(12-5-4-8-19-10-12)21-22-18(23)27-11-16(24)20-14-9-13(25-2)6-7-15(14)26-3/h4-10H,11H2,1-3H3,(H,20,24). The third-order valence-electron chi connectivity index (χ3n) is 3.77. The van der Waals surface area contributed by atoms with E-state index >= 15 is 0 Å². The fourth-order valence-electron chi connectivity index (χ4n) is 2.42. The summed E-state index contributed by atoms with van der Waals surface area (Å²) in [5.41, 5.74) is 1.42. The molecule has 0 unspecified atom stereocenters. The smallest absolute Gasteiger partial charge is 0.234 e. The van der Waals surface area contributed by atoms with Crippen LogP contribution >= 0.6 is 11.8 Å². The van der Waals surface area contributed by atoms with Crippen LogP contribution in [0.3, 0.4) is 0 Å². The molecule has 27 heavy (non-hydrogen) atoms. The number of anilines is 1. The third-order valence-corrected chi connectivity index (χ3v) is 4.79. The van der Waals surface area contributed by atoms with Crippen molar-refractivity contribution in [3.8, 4) is 22.9 Å². The van der Waals surface area contributed by atoms with Crippen molar-refractivity contribution < 1.29 is 14.3 Å². The van der Waals surface area contributed by atoms with Crippen LogP contribution in [0.15, 0.2) is 47.9 Å². The molecule has 0 saturated carbocycles.